The molecule has 0 amide bonds. The van der Waals surface area contributed by atoms with E-state index < -0.39 is 0 Å². The minimum Gasteiger partial charge on any atom is -0.395 e. The van der Waals surface area contributed by atoms with Crippen LogP contribution in [0.3, 0.4) is 0 Å². The Hall–Kier alpha value is -1.26. The van der Waals surface area contributed by atoms with Gasteiger partial charge in [-0.25, -0.2) is 0 Å². The van der Waals surface area contributed by atoms with Crippen LogP contribution >= 0.6 is 11.8 Å². The maximum atomic E-state index is 11.9. The van der Waals surface area contributed by atoms with Gasteiger partial charge in [-0.15, -0.1) is 11.8 Å². The fourth-order valence-electron chi connectivity index (χ4n) is 3.16. The van der Waals surface area contributed by atoms with Crippen LogP contribution in [0.2, 0.25) is 0 Å². The Bertz CT molecular complexity index is 674. The third kappa shape index (κ3) is 3.01. The Morgan fingerprint density at radius 3 is 2.57 bits per heavy atom. The summed E-state index contributed by atoms with van der Waals surface area (Å²) >= 11 is 1.85. The molecule has 0 saturated heterocycles. The molecule has 0 atom stereocenters. The number of aliphatic hydroxyl groups excluding tert-OH is 1. The Labute approximate surface area is 128 Å². The molecule has 21 heavy (non-hydrogen) atoms. The van der Waals surface area contributed by atoms with Gasteiger partial charge in [-0.1, -0.05) is 37.5 Å². The predicted octanol–water partition coefficient (Wildman–Crippen LogP) is 3.46. The average molecular weight is 303 g/mol. The van der Waals surface area contributed by atoms with Crippen LogP contribution < -0.4 is 5.56 Å². The van der Waals surface area contributed by atoms with Crippen LogP contribution in [0.4, 0.5) is 0 Å². The number of pyridine rings is 1. The maximum Gasteiger partial charge on any atom is 0.255 e. The number of hydrogen-bond acceptors (Lipinski definition) is 3. The molecule has 0 bridgehead atoms. The number of thioether (sulfide) groups is 1. The van der Waals surface area contributed by atoms with Crippen LogP contribution in [0.1, 0.15) is 37.7 Å². The number of aromatic amines is 1. The standard InChI is InChI=1S/C17H21NO2S/c19-12-17(8-4-1-5-9-17)21-11-13-10-18-16(20)15-7-3-2-6-14(13)15/h2-3,6-7,10,19H,1,4-5,8-9,11-12H2,(H,18,20). The van der Waals surface area contributed by atoms with Gasteiger partial charge < -0.3 is 10.1 Å². The zero-order chi connectivity index (χ0) is 14.7. The van der Waals surface area contributed by atoms with Crippen molar-refractivity contribution in [3.05, 3.63) is 46.4 Å². The van der Waals surface area contributed by atoms with Crippen LogP contribution in [-0.2, 0) is 5.75 Å². The lowest BCUT2D eigenvalue weighted by atomic mass is 9.89. The van der Waals surface area contributed by atoms with Crippen LogP contribution in [0.25, 0.3) is 10.8 Å². The maximum absolute atomic E-state index is 11.9. The SMILES string of the molecule is O=c1[nH]cc(CSC2(CO)CCCCC2)c2ccccc12. The molecular weight excluding hydrogens is 282 g/mol. The first kappa shape index (κ1) is 14.7. The summed E-state index contributed by atoms with van der Waals surface area (Å²) in [5.41, 5.74) is 1.11. The van der Waals surface area contributed by atoms with Gasteiger partial charge >= 0.3 is 0 Å². The number of aliphatic hydroxyl groups is 1. The predicted molar refractivity (Wildman–Crippen MR) is 88.8 cm³/mol. The van der Waals surface area contributed by atoms with Gasteiger partial charge in [0.1, 0.15) is 0 Å². The van der Waals surface area contributed by atoms with Gasteiger partial charge in [-0.2, -0.15) is 0 Å². The Balaban J connectivity index is 1.85. The first-order valence-corrected chi connectivity index (χ1v) is 8.57. The number of nitrogens with one attached hydrogen (secondary N) is 1. The second kappa shape index (κ2) is 6.24. The largest absolute Gasteiger partial charge is 0.395 e. The van der Waals surface area contributed by atoms with Gasteiger partial charge in [0.25, 0.3) is 5.56 Å². The van der Waals surface area contributed by atoms with E-state index in [2.05, 4.69) is 4.98 Å². The van der Waals surface area contributed by atoms with Crippen molar-refractivity contribution >= 4 is 22.5 Å². The second-order valence-corrected chi connectivity index (χ2v) is 7.32. The monoisotopic (exact) mass is 303 g/mol. The molecule has 3 nitrogen and oxygen atoms in total. The summed E-state index contributed by atoms with van der Waals surface area (Å²) in [4.78, 5) is 14.7. The van der Waals surface area contributed by atoms with E-state index in [0.717, 1.165) is 34.9 Å². The normalized spacial score (nSPS) is 18.0. The van der Waals surface area contributed by atoms with Crippen LogP contribution in [0.15, 0.2) is 35.3 Å². The van der Waals surface area contributed by atoms with Crippen molar-refractivity contribution < 1.29 is 5.11 Å². The van der Waals surface area contributed by atoms with E-state index in [0.29, 0.717) is 0 Å². The first-order chi connectivity index (χ1) is 10.2. The molecule has 0 aliphatic heterocycles. The fourth-order valence-corrected chi connectivity index (χ4v) is 4.53. The zero-order valence-electron chi connectivity index (χ0n) is 12.1. The number of benzene rings is 1. The molecule has 2 N–H and O–H groups in total. The molecule has 1 aromatic heterocycles. The van der Waals surface area contributed by atoms with E-state index in [1.54, 1.807) is 0 Å². The van der Waals surface area contributed by atoms with E-state index in [9.17, 15) is 9.90 Å². The minimum atomic E-state index is -0.0334. The first-order valence-electron chi connectivity index (χ1n) is 7.58. The van der Waals surface area contributed by atoms with Crippen LogP contribution in [-0.4, -0.2) is 21.4 Å². The Morgan fingerprint density at radius 2 is 1.86 bits per heavy atom. The van der Waals surface area contributed by atoms with E-state index >= 15 is 0 Å². The lowest BCUT2D eigenvalue weighted by molar-refractivity contribution is 0.214. The molecule has 1 fully saturated rings. The molecule has 1 aromatic carbocycles. The zero-order valence-corrected chi connectivity index (χ0v) is 12.9. The lowest BCUT2D eigenvalue weighted by Crippen LogP contribution is -2.32. The molecule has 0 unspecified atom stereocenters. The molecule has 1 aliphatic rings. The van der Waals surface area contributed by atoms with Crippen molar-refractivity contribution in [1.29, 1.82) is 0 Å². The summed E-state index contributed by atoms with van der Waals surface area (Å²) in [7, 11) is 0. The fraction of sp³-hybridized carbons (Fsp3) is 0.471. The van der Waals surface area contributed by atoms with Gasteiger partial charge in [-0.3, -0.25) is 4.79 Å². The van der Waals surface area contributed by atoms with E-state index in [4.69, 9.17) is 0 Å². The van der Waals surface area contributed by atoms with Crippen LogP contribution in [0, 0.1) is 0 Å². The van der Waals surface area contributed by atoms with Gasteiger partial charge in [0.15, 0.2) is 0 Å². The minimum absolute atomic E-state index is 0.00941. The van der Waals surface area contributed by atoms with Gasteiger partial charge in [0.05, 0.1) is 6.61 Å². The van der Waals surface area contributed by atoms with Gasteiger partial charge in [-0.05, 0) is 29.9 Å². The molecule has 1 heterocycles. The average Bonchev–Trinajstić information content (AvgIpc) is 2.55. The number of H-pyrrole nitrogens is 1. The summed E-state index contributed by atoms with van der Waals surface area (Å²) in [6.45, 7) is 0.249. The van der Waals surface area contributed by atoms with Gasteiger partial charge in [0.2, 0.25) is 0 Å². The molecule has 0 spiro atoms. The van der Waals surface area contributed by atoms with E-state index in [1.807, 2.05) is 42.2 Å². The summed E-state index contributed by atoms with van der Waals surface area (Å²) in [6, 6.07) is 7.74. The van der Waals surface area contributed by atoms with Crippen molar-refractivity contribution in [3.8, 4) is 0 Å². The smallest absolute Gasteiger partial charge is 0.255 e. The Morgan fingerprint density at radius 1 is 1.14 bits per heavy atom. The summed E-state index contributed by atoms with van der Waals surface area (Å²) in [6.07, 6.45) is 7.71. The topological polar surface area (TPSA) is 53.1 Å². The highest BCUT2D eigenvalue weighted by atomic mass is 32.2. The molecule has 1 aliphatic carbocycles. The molecule has 112 valence electrons. The van der Waals surface area contributed by atoms with Gasteiger partial charge in [0, 0.05) is 22.1 Å². The summed E-state index contributed by atoms with van der Waals surface area (Å²) in [5.74, 6) is 0.831. The molecule has 4 heteroatoms. The lowest BCUT2D eigenvalue weighted by Gasteiger charge is -2.35. The van der Waals surface area contributed by atoms with Crippen molar-refractivity contribution in [2.24, 2.45) is 0 Å². The molecule has 1 saturated carbocycles. The third-order valence-electron chi connectivity index (χ3n) is 4.48. The number of rotatable bonds is 4. The molecule has 2 aromatic rings. The summed E-state index contributed by atoms with van der Waals surface area (Å²) < 4.78 is 0.00941. The Kier molecular flexibility index (Phi) is 4.36. The van der Waals surface area contributed by atoms with E-state index in [1.165, 1.54) is 19.3 Å². The summed E-state index contributed by atoms with van der Waals surface area (Å²) in [5, 5.41) is 11.6. The highest BCUT2D eigenvalue weighted by molar-refractivity contribution is 7.99. The third-order valence-corrected chi connectivity index (χ3v) is 6.09. The van der Waals surface area contributed by atoms with Crippen molar-refractivity contribution in [2.75, 3.05) is 6.61 Å². The highest BCUT2D eigenvalue weighted by Gasteiger charge is 2.31. The van der Waals surface area contributed by atoms with Crippen LogP contribution in [0.5, 0.6) is 0 Å². The van der Waals surface area contributed by atoms with E-state index in [-0.39, 0.29) is 16.9 Å². The second-order valence-electron chi connectivity index (χ2n) is 5.88. The molecule has 0 radical (unpaired) electrons. The number of aromatic nitrogens is 1. The number of hydrogen-bond donors (Lipinski definition) is 2. The van der Waals surface area contributed by atoms with Crippen molar-refractivity contribution in [2.45, 2.75) is 42.6 Å². The quantitative estimate of drug-likeness (QED) is 0.909. The molecular formula is C17H21NO2S. The molecule has 3 rings (SSSR count). The van der Waals surface area contributed by atoms with Crippen molar-refractivity contribution in [3.63, 3.8) is 0 Å². The number of fused-ring (bicyclic) bond motifs is 1. The highest BCUT2D eigenvalue weighted by Crippen LogP contribution is 2.41. The van der Waals surface area contributed by atoms with Crippen molar-refractivity contribution in [1.82, 2.24) is 4.98 Å².